The van der Waals surface area contributed by atoms with Crippen molar-refractivity contribution in [2.45, 2.75) is 6.04 Å². The van der Waals surface area contributed by atoms with Crippen molar-refractivity contribution in [3.8, 4) is 5.69 Å². The maximum absolute atomic E-state index is 14.2. The Morgan fingerprint density at radius 1 is 1.10 bits per heavy atom. The number of para-hydroxylation sites is 1. The van der Waals surface area contributed by atoms with Gasteiger partial charge in [-0.3, -0.25) is 0 Å². The van der Waals surface area contributed by atoms with Gasteiger partial charge in [0, 0.05) is 5.56 Å². The van der Waals surface area contributed by atoms with Crippen LogP contribution in [0.4, 0.5) is 4.39 Å². The van der Waals surface area contributed by atoms with Gasteiger partial charge in [0.15, 0.2) is 0 Å². The van der Waals surface area contributed by atoms with E-state index in [2.05, 4.69) is 26.2 Å². The Bertz CT molecular complexity index is 757. The highest BCUT2D eigenvalue weighted by Crippen LogP contribution is 2.27. The van der Waals surface area contributed by atoms with Gasteiger partial charge in [-0.15, -0.1) is 5.10 Å². The van der Waals surface area contributed by atoms with Crippen LogP contribution in [-0.4, -0.2) is 15.0 Å². The van der Waals surface area contributed by atoms with Crippen molar-refractivity contribution in [3.63, 3.8) is 0 Å². The van der Waals surface area contributed by atoms with E-state index in [1.165, 1.54) is 0 Å². The van der Waals surface area contributed by atoms with E-state index in [1.807, 2.05) is 30.3 Å². The molecule has 1 atom stereocenters. The number of benzene rings is 2. The largest absolute Gasteiger partial charge is 0.319 e. The third-order valence-corrected chi connectivity index (χ3v) is 3.82. The molecule has 0 fully saturated rings. The predicted octanol–water partition coefficient (Wildman–Crippen LogP) is 3.22. The molecular weight excluding hydrogens is 335 g/mol. The van der Waals surface area contributed by atoms with Gasteiger partial charge in [0.2, 0.25) is 0 Å². The molecule has 0 saturated carbocycles. The summed E-state index contributed by atoms with van der Waals surface area (Å²) in [4.78, 5) is 0. The number of nitrogens with two attached hydrogens (primary N) is 1. The summed E-state index contributed by atoms with van der Waals surface area (Å²) in [5.74, 6) is -0.370. The number of hydrogen-bond acceptors (Lipinski definition) is 3. The summed E-state index contributed by atoms with van der Waals surface area (Å²) in [5.41, 5.74) is 8.05. The average molecular weight is 347 g/mol. The molecule has 0 amide bonds. The Hall–Kier alpha value is -2.05. The Balaban J connectivity index is 2.06. The van der Waals surface area contributed by atoms with Gasteiger partial charge >= 0.3 is 0 Å². The fourth-order valence-electron chi connectivity index (χ4n) is 2.14. The molecule has 0 aliphatic heterocycles. The van der Waals surface area contributed by atoms with Crippen LogP contribution in [-0.2, 0) is 0 Å². The molecule has 0 radical (unpaired) electrons. The highest BCUT2D eigenvalue weighted by atomic mass is 79.9. The number of halogens is 2. The van der Waals surface area contributed by atoms with E-state index in [1.54, 1.807) is 29.1 Å². The van der Waals surface area contributed by atoms with Crippen LogP contribution in [0.3, 0.4) is 0 Å². The molecule has 3 rings (SSSR count). The zero-order valence-corrected chi connectivity index (χ0v) is 12.5. The smallest absolute Gasteiger partial charge is 0.142 e. The van der Waals surface area contributed by atoms with Crippen molar-refractivity contribution < 1.29 is 4.39 Å². The molecule has 0 saturated heterocycles. The van der Waals surface area contributed by atoms with Crippen LogP contribution in [0.25, 0.3) is 5.69 Å². The summed E-state index contributed by atoms with van der Waals surface area (Å²) in [6.45, 7) is 0. The third-order valence-electron chi connectivity index (χ3n) is 3.21. The van der Waals surface area contributed by atoms with Crippen molar-refractivity contribution in [1.29, 1.82) is 0 Å². The first kappa shape index (κ1) is 13.9. The minimum Gasteiger partial charge on any atom is -0.319 e. The zero-order chi connectivity index (χ0) is 14.8. The highest BCUT2D eigenvalue weighted by Gasteiger charge is 2.20. The summed E-state index contributed by atoms with van der Waals surface area (Å²) in [7, 11) is 0. The average Bonchev–Trinajstić information content (AvgIpc) is 3.00. The van der Waals surface area contributed by atoms with Gasteiger partial charge in [0.1, 0.15) is 5.82 Å². The Labute approximate surface area is 129 Å². The molecule has 2 aromatic carbocycles. The molecule has 0 bridgehead atoms. The second kappa shape index (κ2) is 5.75. The summed E-state index contributed by atoms with van der Waals surface area (Å²) >= 11 is 3.17. The summed E-state index contributed by atoms with van der Waals surface area (Å²) in [6.07, 6.45) is 1.55. The van der Waals surface area contributed by atoms with Crippen LogP contribution in [0.1, 0.15) is 17.3 Å². The van der Waals surface area contributed by atoms with E-state index >= 15 is 0 Å². The van der Waals surface area contributed by atoms with Crippen molar-refractivity contribution >= 4 is 15.9 Å². The molecule has 3 aromatic rings. The monoisotopic (exact) mass is 346 g/mol. The summed E-state index contributed by atoms with van der Waals surface area (Å²) in [5, 5.41) is 7.93. The van der Waals surface area contributed by atoms with Crippen molar-refractivity contribution in [2.75, 3.05) is 0 Å². The molecule has 4 nitrogen and oxygen atoms in total. The minimum absolute atomic E-state index is 0.370. The minimum atomic E-state index is -0.655. The number of aromatic nitrogens is 3. The van der Waals surface area contributed by atoms with Crippen molar-refractivity contribution in [2.24, 2.45) is 5.73 Å². The van der Waals surface area contributed by atoms with Crippen molar-refractivity contribution in [3.05, 3.63) is 76.3 Å². The quantitative estimate of drug-likeness (QED) is 0.792. The second-order valence-electron chi connectivity index (χ2n) is 4.53. The molecule has 1 aromatic heterocycles. The lowest BCUT2D eigenvalue weighted by molar-refractivity contribution is 0.586. The lowest BCUT2D eigenvalue weighted by Gasteiger charge is -2.15. The SMILES string of the molecule is NC(c1cccc(Br)c1F)c1cnnn1-c1ccccc1. The molecule has 106 valence electrons. The maximum Gasteiger partial charge on any atom is 0.142 e. The molecule has 0 aliphatic rings. The van der Waals surface area contributed by atoms with E-state index in [9.17, 15) is 4.39 Å². The summed E-state index contributed by atoms with van der Waals surface area (Å²) in [6, 6.07) is 13.9. The van der Waals surface area contributed by atoms with Gasteiger partial charge in [-0.25, -0.2) is 9.07 Å². The van der Waals surface area contributed by atoms with E-state index in [0.717, 1.165) is 5.69 Å². The molecular formula is C15H12BrFN4. The Morgan fingerprint density at radius 3 is 2.62 bits per heavy atom. The number of hydrogen-bond donors (Lipinski definition) is 1. The van der Waals surface area contributed by atoms with Crippen LogP contribution in [0.15, 0.2) is 59.2 Å². The molecule has 6 heteroatoms. The van der Waals surface area contributed by atoms with Crippen LogP contribution in [0, 0.1) is 5.82 Å². The van der Waals surface area contributed by atoms with E-state index in [4.69, 9.17) is 5.73 Å². The van der Waals surface area contributed by atoms with Gasteiger partial charge < -0.3 is 5.73 Å². The Kier molecular flexibility index (Phi) is 3.81. The summed E-state index contributed by atoms with van der Waals surface area (Å²) < 4.78 is 16.2. The van der Waals surface area contributed by atoms with Crippen molar-refractivity contribution in [1.82, 2.24) is 15.0 Å². The normalized spacial score (nSPS) is 12.3. The molecule has 2 N–H and O–H groups in total. The fraction of sp³-hybridized carbons (Fsp3) is 0.0667. The van der Waals surface area contributed by atoms with Gasteiger partial charge in [-0.2, -0.15) is 0 Å². The van der Waals surface area contributed by atoms with Crippen LogP contribution < -0.4 is 5.73 Å². The lowest BCUT2D eigenvalue weighted by atomic mass is 10.0. The number of rotatable bonds is 3. The second-order valence-corrected chi connectivity index (χ2v) is 5.38. The van der Waals surface area contributed by atoms with E-state index in [-0.39, 0.29) is 5.82 Å². The topological polar surface area (TPSA) is 56.7 Å². The van der Waals surface area contributed by atoms with Crippen LogP contribution >= 0.6 is 15.9 Å². The zero-order valence-electron chi connectivity index (χ0n) is 10.9. The highest BCUT2D eigenvalue weighted by molar-refractivity contribution is 9.10. The standard InChI is InChI=1S/C15H12BrFN4/c16-12-8-4-7-11(14(12)17)15(18)13-9-19-20-21(13)10-5-2-1-3-6-10/h1-9,15H,18H2. The molecule has 0 aliphatic carbocycles. The third kappa shape index (κ3) is 2.59. The van der Waals surface area contributed by atoms with Gasteiger partial charge in [0.05, 0.1) is 28.1 Å². The molecule has 1 unspecified atom stereocenters. The van der Waals surface area contributed by atoms with Crippen LogP contribution in [0.5, 0.6) is 0 Å². The van der Waals surface area contributed by atoms with Gasteiger partial charge in [-0.1, -0.05) is 35.5 Å². The predicted molar refractivity (Wildman–Crippen MR) is 81.5 cm³/mol. The first-order valence-corrected chi connectivity index (χ1v) is 7.13. The van der Waals surface area contributed by atoms with Crippen LogP contribution in [0.2, 0.25) is 0 Å². The Morgan fingerprint density at radius 2 is 1.86 bits per heavy atom. The molecule has 1 heterocycles. The lowest BCUT2D eigenvalue weighted by Crippen LogP contribution is -2.18. The number of nitrogens with zero attached hydrogens (tertiary/aromatic N) is 3. The van der Waals surface area contributed by atoms with Gasteiger partial charge in [-0.05, 0) is 34.1 Å². The fourth-order valence-corrected chi connectivity index (χ4v) is 2.53. The van der Waals surface area contributed by atoms with E-state index in [0.29, 0.717) is 15.7 Å². The molecule has 0 spiro atoms. The first-order valence-electron chi connectivity index (χ1n) is 6.34. The maximum atomic E-state index is 14.2. The van der Waals surface area contributed by atoms with E-state index < -0.39 is 6.04 Å². The first-order chi connectivity index (χ1) is 10.2. The van der Waals surface area contributed by atoms with Gasteiger partial charge in [0.25, 0.3) is 0 Å². The molecule has 21 heavy (non-hydrogen) atoms.